The van der Waals surface area contributed by atoms with Crippen molar-refractivity contribution in [1.29, 1.82) is 5.26 Å². The van der Waals surface area contributed by atoms with Crippen LogP contribution in [0.1, 0.15) is 18.4 Å². The zero-order valence-corrected chi connectivity index (χ0v) is 13.5. The van der Waals surface area contributed by atoms with E-state index in [4.69, 9.17) is 4.42 Å². The number of carbonyl (C=O) groups is 1. The van der Waals surface area contributed by atoms with Crippen LogP contribution in [0.15, 0.2) is 46.5 Å². The van der Waals surface area contributed by atoms with Crippen molar-refractivity contribution in [3.8, 4) is 17.5 Å². The Morgan fingerprint density at radius 3 is 2.88 bits per heavy atom. The van der Waals surface area contributed by atoms with E-state index in [2.05, 4.69) is 10.2 Å². The van der Waals surface area contributed by atoms with Gasteiger partial charge in [0.2, 0.25) is 0 Å². The number of rotatable bonds is 3. The molecule has 2 aromatic heterocycles. The predicted molar refractivity (Wildman–Crippen MR) is 93.2 cm³/mol. The first-order valence-corrected chi connectivity index (χ1v) is 8.19. The number of amides is 1. The molecule has 6 nitrogen and oxygen atoms in total. The van der Waals surface area contributed by atoms with Gasteiger partial charge in [-0.2, -0.15) is 10.4 Å². The van der Waals surface area contributed by atoms with Crippen molar-refractivity contribution < 1.29 is 9.21 Å². The number of furan rings is 1. The number of carbonyl (C=O) groups excluding carboxylic acids is 1. The number of nitrogens with zero attached hydrogens (tertiary/aromatic N) is 3. The average Bonchev–Trinajstić information content (AvgIpc) is 3.38. The molecule has 25 heavy (non-hydrogen) atoms. The van der Waals surface area contributed by atoms with Crippen LogP contribution in [0.4, 0.5) is 0 Å². The SMILES string of the molecule is N#C/C(=C/c1cn[nH]c1-c1cc2ccccc2o1)C(=O)N1CCCC1. The maximum atomic E-state index is 12.5. The number of H-pyrrole nitrogens is 1. The standard InChI is InChI=1S/C19H16N4O2/c20-11-14(19(24)23-7-3-4-8-23)9-15-12-21-22-18(15)17-10-13-5-1-2-6-16(13)25-17/h1-2,5-6,9-10,12H,3-4,7-8H2,(H,21,22)/b14-9-. The molecule has 3 aromatic rings. The van der Waals surface area contributed by atoms with E-state index in [1.165, 1.54) is 0 Å². The smallest absolute Gasteiger partial charge is 0.264 e. The third kappa shape index (κ3) is 2.81. The molecule has 0 saturated carbocycles. The van der Waals surface area contributed by atoms with E-state index >= 15 is 0 Å². The van der Waals surface area contributed by atoms with Gasteiger partial charge in [-0.05, 0) is 31.1 Å². The molecule has 3 heterocycles. The fourth-order valence-electron chi connectivity index (χ4n) is 3.10. The largest absolute Gasteiger partial charge is 0.454 e. The molecule has 1 fully saturated rings. The highest BCUT2D eigenvalue weighted by Crippen LogP contribution is 2.29. The fraction of sp³-hybridized carbons (Fsp3) is 0.211. The predicted octanol–water partition coefficient (Wildman–Crippen LogP) is 3.35. The number of nitriles is 1. The Morgan fingerprint density at radius 2 is 2.12 bits per heavy atom. The van der Waals surface area contributed by atoms with Gasteiger partial charge >= 0.3 is 0 Å². The van der Waals surface area contributed by atoms with Crippen LogP contribution in [0, 0.1) is 11.3 Å². The summed E-state index contributed by atoms with van der Waals surface area (Å²) in [5.41, 5.74) is 2.19. The normalized spacial score (nSPS) is 14.8. The summed E-state index contributed by atoms with van der Waals surface area (Å²) in [6.45, 7) is 1.42. The van der Waals surface area contributed by atoms with Crippen LogP contribution in [-0.4, -0.2) is 34.1 Å². The van der Waals surface area contributed by atoms with Gasteiger partial charge in [-0.1, -0.05) is 18.2 Å². The quantitative estimate of drug-likeness (QED) is 0.588. The lowest BCUT2D eigenvalue weighted by Crippen LogP contribution is -2.28. The van der Waals surface area contributed by atoms with Crippen LogP contribution in [-0.2, 0) is 4.79 Å². The van der Waals surface area contributed by atoms with Crippen molar-refractivity contribution in [1.82, 2.24) is 15.1 Å². The number of nitrogens with one attached hydrogen (secondary N) is 1. The summed E-state index contributed by atoms with van der Waals surface area (Å²) in [6.07, 6.45) is 5.14. The lowest BCUT2D eigenvalue weighted by molar-refractivity contribution is -0.125. The molecule has 6 heteroatoms. The van der Waals surface area contributed by atoms with Crippen molar-refractivity contribution in [3.63, 3.8) is 0 Å². The topological polar surface area (TPSA) is 85.9 Å². The zero-order valence-electron chi connectivity index (χ0n) is 13.5. The van der Waals surface area contributed by atoms with E-state index in [0.717, 1.165) is 23.8 Å². The van der Waals surface area contributed by atoms with Crippen LogP contribution in [0.2, 0.25) is 0 Å². The van der Waals surface area contributed by atoms with Gasteiger partial charge in [0.25, 0.3) is 5.91 Å². The van der Waals surface area contributed by atoms with E-state index in [1.54, 1.807) is 17.2 Å². The van der Waals surface area contributed by atoms with E-state index in [9.17, 15) is 10.1 Å². The minimum Gasteiger partial charge on any atom is -0.454 e. The Labute approximate surface area is 144 Å². The van der Waals surface area contributed by atoms with Crippen molar-refractivity contribution in [2.24, 2.45) is 0 Å². The highest BCUT2D eigenvalue weighted by Gasteiger charge is 2.22. The third-order valence-corrected chi connectivity index (χ3v) is 4.38. The number of hydrogen-bond acceptors (Lipinski definition) is 4. The molecule has 1 saturated heterocycles. The van der Waals surface area contributed by atoms with Gasteiger partial charge in [-0.15, -0.1) is 0 Å². The van der Waals surface area contributed by atoms with E-state index in [1.807, 2.05) is 36.4 Å². The molecule has 1 aliphatic rings. The van der Waals surface area contributed by atoms with Crippen molar-refractivity contribution in [2.75, 3.05) is 13.1 Å². The number of hydrogen-bond donors (Lipinski definition) is 1. The molecule has 1 N–H and O–H groups in total. The highest BCUT2D eigenvalue weighted by molar-refractivity contribution is 6.02. The lowest BCUT2D eigenvalue weighted by Gasteiger charge is -2.13. The van der Waals surface area contributed by atoms with Gasteiger partial charge in [0.1, 0.15) is 22.9 Å². The number of benzene rings is 1. The maximum absolute atomic E-state index is 12.5. The first kappa shape index (κ1) is 15.2. The number of aromatic nitrogens is 2. The second-order valence-corrected chi connectivity index (χ2v) is 6.02. The zero-order chi connectivity index (χ0) is 17.2. The number of para-hydroxylation sites is 1. The summed E-state index contributed by atoms with van der Waals surface area (Å²) in [7, 11) is 0. The molecule has 124 valence electrons. The molecule has 1 amide bonds. The molecule has 4 rings (SSSR count). The molecule has 0 radical (unpaired) electrons. The minimum atomic E-state index is -0.225. The molecule has 1 aromatic carbocycles. The molecule has 0 spiro atoms. The maximum Gasteiger partial charge on any atom is 0.264 e. The number of likely N-dealkylation sites (tertiary alicyclic amines) is 1. The average molecular weight is 332 g/mol. The molecular weight excluding hydrogens is 316 g/mol. The van der Waals surface area contributed by atoms with E-state index in [0.29, 0.717) is 30.1 Å². The van der Waals surface area contributed by atoms with Gasteiger partial charge in [0.15, 0.2) is 5.76 Å². The molecule has 1 aliphatic heterocycles. The van der Waals surface area contributed by atoms with Crippen LogP contribution >= 0.6 is 0 Å². The monoisotopic (exact) mass is 332 g/mol. The molecule has 0 atom stereocenters. The van der Waals surface area contributed by atoms with Crippen molar-refractivity contribution >= 4 is 23.0 Å². The summed E-state index contributed by atoms with van der Waals surface area (Å²) < 4.78 is 5.85. The first-order chi connectivity index (χ1) is 12.3. The van der Waals surface area contributed by atoms with Crippen molar-refractivity contribution in [2.45, 2.75) is 12.8 Å². The first-order valence-electron chi connectivity index (χ1n) is 8.19. The lowest BCUT2D eigenvalue weighted by atomic mass is 10.1. The van der Waals surface area contributed by atoms with E-state index < -0.39 is 0 Å². The second-order valence-electron chi connectivity index (χ2n) is 6.02. The van der Waals surface area contributed by atoms with Gasteiger partial charge in [-0.3, -0.25) is 9.89 Å². The van der Waals surface area contributed by atoms with Gasteiger partial charge in [0.05, 0.1) is 6.20 Å². The Balaban J connectivity index is 1.70. The van der Waals surface area contributed by atoms with Crippen LogP contribution in [0.3, 0.4) is 0 Å². The van der Waals surface area contributed by atoms with Gasteiger partial charge in [-0.25, -0.2) is 0 Å². The molecule has 0 bridgehead atoms. The summed E-state index contributed by atoms with van der Waals surface area (Å²) in [6, 6.07) is 11.6. The minimum absolute atomic E-state index is 0.112. The van der Waals surface area contributed by atoms with E-state index in [-0.39, 0.29) is 11.5 Å². The Bertz CT molecular complexity index is 967. The summed E-state index contributed by atoms with van der Waals surface area (Å²) >= 11 is 0. The number of aromatic amines is 1. The third-order valence-electron chi connectivity index (χ3n) is 4.38. The summed E-state index contributed by atoms with van der Waals surface area (Å²) in [5, 5.41) is 17.3. The summed E-state index contributed by atoms with van der Waals surface area (Å²) in [4.78, 5) is 14.2. The Kier molecular flexibility index (Phi) is 3.82. The van der Waals surface area contributed by atoms with Gasteiger partial charge in [0, 0.05) is 24.0 Å². The van der Waals surface area contributed by atoms with Gasteiger partial charge < -0.3 is 9.32 Å². The van der Waals surface area contributed by atoms with Crippen LogP contribution in [0.25, 0.3) is 28.5 Å². The van der Waals surface area contributed by atoms with Crippen LogP contribution in [0.5, 0.6) is 0 Å². The van der Waals surface area contributed by atoms with Crippen molar-refractivity contribution in [3.05, 3.63) is 47.7 Å². The number of fused-ring (bicyclic) bond motifs is 1. The molecular formula is C19H16N4O2. The molecule has 0 aliphatic carbocycles. The fourth-order valence-corrected chi connectivity index (χ4v) is 3.10. The highest BCUT2D eigenvalue weighted by atomic mass is 16.3. The Morgan fingerprint density at radius 1 is 1.32 bits per heavy atom. The van der Waals surface area contributed by atoms with Crippen LogP contribution < -0.4 is 0 Å². The second kappa shape index (κ2) is 6.29. The molecule has 0 unspecified atom stereocenters. The summed E-state index contributed by atoms with van der Waals surface area (Å²) in [5.74, 6) is 0.396. The Hall–Kier alpha value is -3.33.